The number of carbonyl (C=O) groups is 2. The Morgan fingerprint density at radius 2 is 1.76 bits per heavy atom. The first-order valence-electron chi connectivity index (χ1n) is 10.8. The number of aromatic nitrogens is 3. The van der Waals surface area contributed by atoms with Crippen molar-refractivity contribution in [3.05, 3.63) is 59.2 Å². The van der Waals surface area contributed by atoms with Gasteiger partial charge in [-0.15, -0.1) is 5.10 Å². The highest BCUT2D eigenvalue weighted by molar-refractivity contribution is 6.10. The Kier molecular flexibility index (Phi) is 5.27. The molecule has 0 saturated heterocycles. The van der Waals surface area contributed by atoms with Crippen molar-refractivity contribution in [1.82, 2.24) is 14.8 Å². The number of anilines is 1. The number of nitrogens with zero attached hydrogens (tertiary/aromatic N) is 4. The molecule has 1 aliphatic heterocycles. The van der Waals surface area contributed by atoms with Gasteiger partial charge in [-0.2, -0.15) is 4.98 Å². The summed E-state index contributed by atoms with van der Waals surface area (Å²) in [5, 5.41) is 13.5. The van der Waals surface area contributed by atoms with Gasteiger partial charge in [0.25, 0.3) is 0 Å². The molecule has 2 heterocycles. The second-order valence-corrected chi connectivity index (χ2v) is 8.35. The van der Waals surface area contributed by atoms with Crippen molar-refractivity contribution in [3.63, 3.8) is 0 Å². The van der Waals surface area contributed by atoms with Gasteiger partial charge < -0.3 is 20.3 Å². The van der Waals surface area contributed by atoms with Crippen molar-refractivity contribution >= 4 is 29.4 Å². The van der Waals surface area contributed by atoms with E-state index in [0.717, 1.165) is 11.1 Å². The quantitative estimate of drug-likeness (QED) is 0.590. The largest absolute Gasteiger partial charge is 0.493 e. The Bertz CT molecular complexity index is 1310. The molecule has 0 amide bonds. The zero-order chi connectivity index (χ0) is 24.0. The van der Waals surface area contributed by atoms with Crippen LogP contribution in [0.2, 0.25) is 0 Å². The molecule has 0 spiro atoms. The molecule has 10 nitrogen and oxygen atoms in total. The van der Waals surface area contributed by atoms with Crippen LogP contribution in [0.1, 0.15) is 46.3 Å². The number of nitrogen functional groups attached to an aromatic ring is 1. The highest BCUT2D eigenvalue weighted by Gasteiger charge is 2.44. The Labute approximate surface area is 195 Å². The molecular weight excluding hydrogens is 438 g/mol. The minimum Gasteiger partial charge on any atom is -0.493 e. The number of benzene rings is 2. The molecule has 0 radical (unpaired) electrons. The third-order valence-corrected chi connectivity index (χ3v) is 6.44. The van der Waals surface area contributed by atoms with E-state index < -0.39 is 17.9 Å². The summed E-state index contributed by atoms with van der Waals surface area (Å²) in [6.45, 7) is 0. The average molecular weight is 461 g/mol. The predicted octanol–water partition coefficient (Wildman–Crippen LogP) is 3.01. The SMILES string of the molecule is COc1ccc(C2CC(=O)C3C(=Nc4nc(N)nn4C3c3ccc(C(=O)O)cc3)C2)cc1OC. The van der Waals surface area contributed by atoms with Crippen LogP contribution in [0.15, 0.2) is 47.5 Å². The van der Waals surface area contributed by atoms with Crippen molar-refractivity contribution in [2.45, 2.75) is 24.8 Å². The van der Waals surface area contributed by atoms with Gasteiger partial charge in [-0.05, 0) is 47.7 Å². The smallest absolute Gasteiger partial charge is 0.335 e. The van der Waals surface area contributed by atoms with Crippen LogP contribution in [-0.4, -0.2) is 51.6 Å². The maximum atomic E-state index is 13.5. The zero-order valence-electron chi connectivity index (χ0n) is 18.6. The molecule has 1 aromatic heterocycles. The fraction of sp³-hybridized carbons (Fsp3) is 0.292. The summed E-state index contributed by atoms with van der Waals surface area (Å²) in [6, 6.07) is 11.6. The van der Waals surface area contributed by atoms with Crippen LogP contribution in [0.4, 0.5) is 11.9 Å². The number of carboxylic acid groups (broad SMARTS) is 1. The molecule has 2 aliphatic rings. The van der Waals surface area contributed by atoms with Crippen LogP contribution < -0.4 is 15.2 Å². The number of rotatable bonds is 5. The molecule has 34 heavy (non-hydrogen) atoms. The molecule has 3 unspecified atom stereocenters. The molecule has 0 bridgehead atoms. The second kappa shape index (κ2) is 8.29. The first kappa shape index (κ1) is 21.6. The van der Waals surface area contributed by atoms with Crippen LogP contribution >= 0.6 is 0 Å². The fourth-order valence-corrected chi connectivity index (χ4v) is 4.84. The van der Waals surface area contributed by atoms with Gasteiger partial charge in [0.15, 0.2) is 11.5 Å². The lowest BCUT2D eigenvalue weighted by molar-refractivity contribution is -0.122. The van der Waals surface area contributed by atoms with Crippen molar-refractivity contribution in [3.8, 4) is 11.5 Å². The number of ether oxygens (including phenoxy) is 2. The monoisotopic (exact) mass is 461 g/mol. The Morgan fingerprint density at radius 1 is 1.06 bits per heavy atom. The normalized spacial score (nSPS) is 21.3. The molecule has 5 rings (SSSR count). The van der Waals surface area contributed by atoms with Crippen molar-refractivity contribution in [2.24, 2.45) is 10.9 Å². The van der Waals surface area contributed by atoms with Gasteiger partial charge >= 0.3 is 5.97 Å². The Balaban J connectivity index is 1.54. The topological polar surface area (TPSA) is 142 Å². The van der Waals surface area contributed by atoms with E-state index in [4.69, 9.17) is 15.2 Å². The van der Waals surface area contributed by atoms with Gasteiger partial charge in [0, 0.05) is 12.1 Å². The lowest BCUT2D eigenvalue weighted by Crippen LogP contribution is -2.41. The van der Waals surface area contributed by atoms with Gasteiger partial charge in [-0.25, -0.2) is 14.5 Å². The number of ketones is 1. The van der Waals surface area contributed by atoms with Crippen LogP contribution in [0.3, 0.4) is 0 Å². The maximum absolute atomic E-state index is 13.5. The Hall–Kier alpha value is -4.21. The standard InChI is InChI=1S/C24H23N5O5/c1-33-18-8-7-14(11-19(18)34-2)15-9-16-20(17(30)10-15)21(29-24(26-16)27-23(25)28-29)12-3-5-13(6-4-12)22(31)32/h3-8,11,15,20-21H,9-10H2,1-2H3,(H2,25,28)(H,31,32). The number of carbonyl (C=O) groups excluding carboxylic acids is 1. The fourth-order valence-electron chi connectivity index (χ4n) is 4.84. The Morgan fingerprint density at radius 3 is 2.44 bits per heavy atom. The van der Waals surface area contributed by atoms with Gasteiger partial charge in [-0.3, -0.25) is 4.79 Å². The van der Waals surface area contributed by atoms with Crippen LogP contribution in [0.25, 0.3) is 0 Å². The number of hydrogen-bond acceptors (Lipinski definition) is 8. The molecule has 1 aliphatic carbocycles. The minimum absolute atomic E-state index is 0.0248. The van der Waals surface area contributed by atoms with E-state index in [1.165, 1.54) is 12.1 Å². The molecule has 2 aromatic carbocycles. The molecule has 3 N–H and O–H groups in total. The van der Waals surface area contributed by atoms with E-state index in [-0.39, 0.29) is 23.2 Å². The number of nitrogens with two attached hydrogens (primary N) is 1. The zero-order valence-corrected chi connectivity index (χ0v) is 18.6. The van der Waals surface area contributed by atoms with Crippen LogP contribution in [0.5, 0.6) is 11.5 Å². The molecule has 3 atom stereocenters. The minimum atomic E-state index is -1.02. The van der Waals surface area contributed by atoms with E-state index in [2.05, 4.69) is 15.1 Å². The lowest BCUT2D eigenvalue weighted by Gasteiger charge is -2.37. The number of carboxylic acids is 1. The summed E-state index contributed by atoms with van der Waals surface area (Å²) in [6.07, 6.45) is 0.880. The van der Waals surface area contributed by atoms with Crippen molar-refractivity contribution in [2.75, 3.05) is 20.0 Å². The lowest BCUT2D eigenvalue weighted by atomic mass is 9.72. The van der Waals surface area contributed by atoms with Gasteiger partial charge in [0.05, 0.1) is 31.7 Å². The van der Waals surface area contributed by atoms with Gasteiger partial charge in [0.1, 0.15) is 5.78 Å². The first-order chi connectivity index (χ1) is 16.4. The van der Waals surface area contributed by atoms with Crippen LogP contribution in [0, 0.1) is 5.92 Å². The van der Waals surface area contributed by atoms with E-state index in [9.17, 15) is 14.7 Å². The molecule has 10 heteroatoms. The number of hydrogen-bond donors (Lipinski definition) is 2. The van der Waals surface area contributed by atoms with Gasteiger partial charge in [0.2, 0.25) is 11.9 Å². The van der Waals surface area contributed by atoms with Gasteiger partial charge in [-0.1, -0.05) is 18.2 Å². The molecule has 174 valence electrons. The number of methoxy groups -OCH3 is 2. The third-order valence-electron chi connectivity index (χ3n) is 6.44. The summed E-state index contributed by atoms with van der Waals surface area (Å²) in [7, 11) is 3.15. The van der Waals surface area contributed by atoms with Crippen LogP contribution in [-0.2, 0) is 4.79 Å². The predicted molar refractivity (Wildman–Crippen MR) is 123 cm³/mol. The average Bonchev–Trinajstić information content (AvgIpc) is 3.21. The van der Waals surface area contributed by atoms with E-state index in [1.54, 1.807) is 31.0 Å². The maximum Gasteiger partial charge on any atom is 0.335 e. The first-order valence-corrected chi connectivity index (χ1v) is 10.8. The summed E-state index contributed by atoms with van der Waals surface area (Å²) < 4.78 is 12.3. The molecular formula is C24H23N5O5. The molecule has 1 fully saturated rings. The highest BCUT2D eigenvalue weighted by Crippen LogP contribution is 2.44. The van der Waals surface area contributed by atoms with Crippen molar-refractivity contribution < 1.29 is 24.2 Å². The molecule has 1 saturated carbocycles. The summed E-state index contributed by atoms with van der Waals surface area (Å²) >= 11 is 0. The number of Topliss-reactive ketones (excluding diaryl/α,β-unsaturated/α-hetero) is 1. The van der Waals surface area contributed by atoms with E-state index >= 15 is 0 Å². The summed E-state index contributed by atoms with van der Waals surface area (Å²) in [5.41, 5.74) is 8.44. The number of aromatic carboxylic acids is 1. The summed E-state index contributed by atoms with van der Waals surface area (Å²) in [4.78, 5) is 33.7. The third kappa shape index (κ3) is 3.57. The number of aliphatic imine (C=N–C) groups is 1. The molecule has 3 aromatic rings. The van der Waals surface area contributed by atoms with E-state index in [0.29, 0.717) is 36.0 Å². The van der Waals surface area contributed by atoms with E-state index in [1.807, 2.05) is 18.2 Å². The van der Waals surface area contributed by atoms with Crippen molar-refractivity contribution in [1.29, 1.82) is 0 Å². The number of fused-ring (bicyclic) bond motifs is 2. The highest BCUT2D eigenvalue weighted by atomic mass is 16.5. The second-order valence-electron chi connectivity index (χ2n) is 8.35. The summed E-state index contributed by atoms with van der Waals surface area (Å²) in [5.74, 6) is 0.000872.